The lowest BCUT2D eigenvalue weighted by Crippen LogP contribution is -2.24. The van der Waals surface area contributed by atoms with Gasteiger partial charge in [0.15, 0.2) is 0 Å². The molecular weight excluding hydrogens is 381 g/mol. The molecule has 1 fully saturated rings. The molecule has 0 radical (unpaired) electrons. The maximum atomic E-state index is 12.2. The van der Waals surface area contributed by atoms with E-state index in [1.165, 1.54) is 44.3 Å². The molecule has 0 unspecified atom stereocenters. The van der Waals surface area contributed by atoms with E-state index in [0.29, 0.717) is 17.8 Å². The standard InChI is InChI=1S/C21H27N3O.2ClH/c22-20-10-6-9-19(14-20)21(25)23-15-17-7-5-8-18(13-17)16-24-11-3-1-2-4-12-24;;/h5-10,13-14H,1-4,11-12,15-16,22H2,(H,23,25);2*1H. The maximum absolute atomic E-state index is 12.2. The van der Waals surface area contributed by atoms with E-state index in [2.05, 4.69) is 34.5 Å². The van der Waals surface area contributed by atoms with Gasteiger partial charge in [0.2, 0.25) is 0 Å². The lowest BCUT2D eigenvalue weighted by molar-refractivity contribution is 0.0951. The summed E-state index contributed by atoms with van der Waals surface area (Å²) in [5.74, 6) is -0.0924. The lowest BCUT2D eigenvalue weighted by atomic mass is 10.1. The Balaban J connectivity index is 0.00000182. The number of rotatable bonds is 5. The number of nitrogens with one attached hydrogen (secondary N) is 1. The summed E-state index contributed by atoms with van der Waals surface area (Å²) < 4.78 is 0. The highest BCUT2D eigenvalue weighted by Crippen LogP contribution is 2.14. The van der Waals surface area contributed by atoms with Crippen molar-refractivity contribution in [2.45, 2.75) is 38.8 Å². The topological polar surface area (TPSA) is 58.4 Å². The van der Waals surface area contributed by atoms with Gasteiger partial charge < -0.3 is 11.1 Å². The summed E-state index contributed by atoms with van der Waals surface area (Å²) in [5, 5.41) is 2.98. The van der Waals surface area contributed by atoms with E-state index < -0.39 is 0 Å². The molecular formula is C21H29Cl2N3O. The molecule has 1 heterocycles. The minimum absolute atomic E-state index is 0. The molecule has 148 valence electrons. The van der Waals surface area contributed by atoms with Crippen LogP contribution in [0.25, 0.3) is 0 Å². The van der Waals surface area contributed by atoms with Crippen LogP contribution >= 0.6 is 24.8 Å². The lowest BCUT2D eigenvalue weighted by Gasteiger charge is -2.20. The number of halogens is 2. The molecule has 27 heavy (non-hydrogen) atoms. The number of nitrogens with two attached hydrogens (primary N) is 1. The number of amides is 1. The van der Waals surface area contributed by atoms with Crippen LogP contribution in [0, 0.1) is 0 Å². The summed E-state index contributed by atoms with van der Waals surface area (Å²) >= 11 is 0. The fourth-order valence-electron chi connectivity index (χ4n) is 3.35. The molecule has 6 heteroatoms. The predicted molar refractivity (Wildman–Crippen MR) is 117 cm³/mol. The molecule has 0 aliphatic carbocycles. The number of hydrogen-bond donors (Lipinski definition) is 2. The molecule has 4 nitrogen and oxygen atoms in total. The first kappa shape index (κ1) is 23.3. The number of anilines is 1. The van der Waals surface area contributed by atoms with Crippen molar-refractivity contribution in [2.75, 3.05) is 18.8 Å². The first-order valence-corrected chi connectivity index (χ1v) is 9.14. The number of nitrogens with zero attached hydrogens (tertiary/aromatic N) is 1. The zero-order valence-corrected chi connectivity index (χ0v) is 17.2. The van der Waals surface area contributed by atoms with E-state index >= 15 is 0 Å². The summed E-state index contributed by atoms with van der Waals surface area (Å²) in [6.45, 7) is 3.91. The predicted octanol–water partition coefficient (Wildman–Crippen LogP) is 4.42. The van der Waals surface area contributed by atoms with Gasteiger partial charge in [0.05, 0.1) is 0 Å². The van der Waals surface area contributed by atoms with Crippen molar-refractivity contribution in [1.82, 2.24) is 10.2 Å². The Morgan fingerprint density at radius 3 is 2.30 bits per heavy atom. The third kappa shape index (κ3) is 7.41. The number of nitrogen functional groups attached to an aromatic ring is 1. The van der Waals surface area contributed by atoms with E-state index in [9.17, 15) is 4.79 Å². The van der Waals surface area contributed by atoms with Crippen molar-refractivity contribution < 1.29 is 4.79 Å². The Kier molecular flexibility index (Phi) is 10.2. The quantitative estimate of drug-likeness (QED) is 0.718. The van der Waals surface area contributed by atoms with E-state index in [-0.39, 0.29) is 30.7 Å². The maximum Gasteiger partial charge on any atom is 0.251 e. The highest BCUT2D eigenvalue weighted by atomic mass is 35.5. The minimum atomic E-state index is -0.0924. The number of carbonyl (C=O) groups excluding carboxylic acids is 1. The second-order valence-electron chi connectivity index (χ2n) is 6.82. The van der Waals surface area contributed by atoms with Crippen molar-refractivity contribution in [2.24, 2.45) is 0 Å². The third-order valence-corrected chi connectivity index (χ3v) is 4.70. The van der Waals surface area contributed by atoms with Crippen LogP contribution in [-0.4, -0.2) is 23.9 Å². The first-order valence-electron chi connectivity index (χ1n) is 9.14. The zero-order chi connectivity index (χ0) is 17.5. The first-order chi connectivity index (χ1) is 12.2. The Morgan fingerprint density at radius 1 is 0.926 bits per heavy atom. The summed E-state index contributed by atoms with van der Waals surface area (Å²) in [6, 6.07) is 15.6. The summed E-state index contributed by atoms with van der Waals surface area (Å²) in [4.78, 5) is 14.8. The molecule has 0 saturated carbocycles. The summed E-state index contributed by atoms with van der Waals surface area (Å²) in [5.41, 5.74) is 9.39. The normalized spacial score (nSPS) is 14.4. The Hall–Kier alpha value is -1.75. The van der Waals surface area contributed by atoms with Crippen molar-refractivity contribution >= 4 is 36.4 Å². The van der Waals surface area contributed by atoms with Gasteiger partial charge in [-0.05, 0) is 55.3 Å². The molecule has 1 saturated heterocycles. The van der Waals surface area contributed by atoms with Gasteiger partial charge >= 0.3 is 0 Å². The highest BCUT2D eigenvalue weighted by molar-refractivity contribution is 5.94. The SMILES string of the molecule is Cl.Cl.Nc1cccc(C(=O)NCc2cccc(CN3CCCCCC3)c2)c1. The Bertz CT molecular complexity index is 716. The highest BCUT2D eigenvalue weighted by Gasteiger charge is 2.10. The fourth-order valence-corrected chi connectivity index (χ4v) is 3.35. The van der Waals surface area contributed by atoms with Crippen molar-refractivity contribution in [3.8, 4) is 0 Å². The monoisotopic (exact) mass is 409 g/mol. The molecule has 0 spiro atoms. The minimum Gasteiger partial charge on any atom is -0.399 e. The van der Waals surface area contributed by atoms with E-state index in [4.69, 9.17) is 5.73 Å². The van der Waals surface area contributed by atoms with Crippen molar-refractivity contribution in [3.05, 3.63) is 65.2 Å². The van der Waals surface area contributed by atoms with Crippen LogP contribution in [0.5, 0.6) is 0 Å². The molecule has 2 aromatic carbocycles. The van der Waals surface area contributed by atoms with Crippen LogP contribution in [0.2, 0.25) is 0 Å². The summed E-state index contributed by atoms with van der Waals surface area (Å²) in [7, 11) is 0. The van der Waals surface area contributed by atoms with Gasteiger partial charge in [-0.2, -0.15) is 0 Å². The largest absolute Gasteiger partial charge is 0.399 e. The van der Waals surface area contributed by atoms with Crippen LogP contribution in [0.15, 0.2) is 48.5 Å². The molecule has 0 atom stereocenters. The molecule has 0 bridgehead atoms. The van der Waals surface area contributed by atoms with E-state index in [1.54, 1.807) is 24.3 Å². The molecule has 3 rings (SSSR count). The number of benzene rings is 2. The average Bonchev–Trinajstić information content (AvgIpc) is 2.89. The van der Waals surface area contributed by atoms with Gasteiger partial charge in [-0.15, -0.1) is 24.8 Å². The van der Waals surface area contributed by atoms with Crippen molar-refractivity contribution in [1.29, 1.82) is 0 Å². The average molecular weight is 410 g/mol. The smallest absolute Gasteiger partial charge is 0.251 e. The molecule has 2 aromatic rings. The Morgan fingerprint density at radius 2 is 1.59 bits per heavy atom. The molecule has 3 N–H and O–H groups in total. The fraction of sp³-hybridized carbons (Fsp3) is 0.381. The van der Waals surface area contributed by atoms with Crippen LogP contribution in [0.3, 0.4) is 0 Å². The van der Waals surface area contributed by atoms with E-state index in [1.807, 2.05) is 0 Å². The van der Waals surface area contributed by atoms with Crippen LogP contribution in [-0.2, 0) is 13.1 Å². The Labute approximate surface area is 174 Å². The van der Waals surface area contributed by atoms with Crippen LogP contribution in [0.1, 0.15) is 47.2 Å². The van der Waals surface area contributed by atoms with Gasteiger partial charge in [-0.3, -0.25) is 9.69 Å². The number of hydrogen-bond acceptors (Lipinski definition) is 3. The molecule has 1 amide bonds. The van der Waals surface area contributed by atoms with Gasteiger partial charge in [-0.1, -0.05) is 43.2 Å². The number of carbonyl (C=O) groups is 1. The summed E-state index contributed by atoms with van der Waals surface area (Å²) in [6.07, 6.45) is 5.31. The number of likely N-dealkylation sites (tertiary alicyclic amines) is 1. The zero-order valence-electron chi connectivity index (χ0n) is 15.5. The second kappa shape index (κ2) is 11.9. The van der Waals surface area contributed by atoms with Gasteiger partial charge in [-0.25, -0.2) is 0 Å². The van der Waals surface area contributed by atoms with Gasteiger partial charge in [0, 0.05) is 24.3 Å². The molecule has 1 aliphatic rings. The van der Waals surface area contributed by atoms with Crippen LogP contribution < -0.4 is 11.1 Å². The molecule has 0 aromatic heterocycles. The molecule has 1 aliphatic heterocycles. The second-order valence-corrected chi connectivity index (χ2v) is 6.82. The third-order valence-electron chi connectivity index (χ3n) is 4.70. The van der Waals surface area contributed by atoms with Gasteiger partial charge in [0.25, 0.3) is 5.91 Å². The van der Waals surface area contributed by atoms with Gasteiger partial charge in [0.1, 0.15) is 0 Å². The van der Waals surface area contributed by atoms with Crippen molar-refractivity contribution in [3.63, 3.8) is 0 Å². The van der Waals surface area contributed by atoms with Crippen LogP contribution in [0.4, 0.5) is 5.69 Å². The van der Waals surface area contributed by atoms with E-state index in [0.717, 1.165) is 12.1 Å².